The van der Waals surface area contributed by atoms with Crippen LogP contribution < -0.4 is 10.8 Å². The van der Waals surface area contributed by atoms with Gasteiger partial charge in [-0.05, 0) is 44.4 Å². The van der Waals surface area contributed by atoms with Crippen LogP contribution >= 0.6 is 11.8 Å². The van der Waals surface area contributed by atoms with E-state index in [0.29, 0.717) is 11.1 Å². The normalized spacial score (nSPS) is 11.7. The molecule has 0 bridgehead atoms. The third-order valence-corrected chi connectivity index (χ3v) is 5.18. The van der Waals surface area contributed by atoms with E-state index in [2.05, 4.69) is 15.8 Å². The number of thioether (sulfide) groups is 1. The van der Waals surface area contributed by atoms with Crippen LogP contribution in [0.5, 0.6) is 0 Å². The van der Waals surface area contributed by atoms with Crippen molar-refractivity contribution in [2.75, 3.05) is 18.2 Å². The maximum Gasteiger partial charge on any atom is 0.293 e. The largest absolute Gasteiger partial charge is 0.393 e. The maximum atomic E-state index is 14.6. The highest BCUT2D eigenvalue weighted by atomic mass is 32.2. The monoisotopic (exact) mass is 418 g/mol. The van der Waals surface area contributed by atoms with Crippen LogP contribution in [0.3, 0.4) is 0 Å². The zero-order valence-corrected chi connectivity index (χ0v) is 17.4. The number of aryl methyl sites for hydroxylation is 1. The van der Waals surface area contributed by atoms with Gasteiger partial charge >= 0.3 is 0 Å². The Labute approximate surface area is 172 Å². The number of hydrogen-bond donors (Lipinski definition) is 3. The van der Waals surface area contributed by atoms with Crippen molar-refractivity contribution < 1.29 is 19.1 Å². The van der Waals surface area contributed by atoms with E-state index in [1.807, 2.05) is 6.26 Å². The number of aromatic nitrogens is 2. The number of amides is 1. The summed E-state index contributed by atoms with van der Waals surface area (Å²) in [6, 6.07) is 6.63. The lowest BCUT2D eigenvalue weighted by Crippen LogP contribution is -2.39. The fraction of sp³-hybridized carbons (Fsp3) is 0.300. The van der Waals surface area contributed by atoms with Gasteiger partial charge in [-0.1, -0.05) is 0 Å². The number of anilines is 2. The fourth-order valence-corrected chi connectivity index (χ4v) is 3.23. The molecule has 0 spiro atoms. The van der Waals surface area contributed by atoms with Crippen molar-refractivity contribution in [1.82, 2.24) is 15.0 Å². The van der Waals surface area contributed by atoms with Gasteiger partial charge in [-0.3, -0.25) is 14.6 Å². The highest BCUT2D eigenvalue weighted by molar-refractivity contribution is 7.98. The number of nitrogens with one attached hydrogen (secondary N) is 2. The molecule has 0 atom stereocenters. The Bertz CT molecular complexity index is 1050. The number of pyridine rings is 1. The summed E-state index contributed by atoms with van der Waals surface area (Å²) in [5.41, 5.74) is 3.07. The van der Waals surface area contributed by atoms with Crippen molar-refractivity contribution in [2.45, 2.75) is 24.3 Å². The average molecular weight is 418 g/mol. The summed E-state index contributed by atoms with van der Waals surface area (Å²) in [6.07, 6.45) is 5.10. The van der Waals surface area contributed by atoms with Gasteiger partial charge < -0.3 is 15.0 Å². The van der Waals surface area contributed by atoms with Crippen molar-refractivity contribution >= 4 is 39.9 Å². The maximum absolute atomic E-state index is 14.6. The third-order valence-electron chi connectivity index (χ3n) is 4.45. The number of hydroxylamine groups is 1. The molecule has 3 rings (SSSR count). The minimum Gasteiger partial charge on any atom is -0.393 e. The molecule has 9 heteroatoms. The van der Waals surface area contributed by atoms with Crippen LogP contribution in [0.4, 0.5) is 15.8 Å². The van der Waals surface area contributed by atoms with Crippen LogP contribution in [0, 0.1) is 5.82 Å². The lowest BCUT2D eigenvalue weighted by molar-refractivity contribution is -0.0958. The molecule has 3 aromatic rings. The molecule has 1 amide bonds. The first-order valence-electron chi connectivity index (χ1n) is 8.89. The van der Waals surface area contributed by atoms with Crippen LogP contribution in [-0.4, -0.2) is 39.0 Å². The first-order valence-corrected chi connectivity index (χ1v) is 10.1. The highest BCUT2D eigenvalue weighted by Crippen LogP contribution is 2.34. The lowest BCUT2D eigenvalue weighted by atomic mass is 10.2. The lowest BCUT2D eigenvalue weighted by Gasteiger charge is -2.22. The Morgan fingerprint density at radius 1 is 1.38 bits per heavy atom. The van der Waals surface area contributed by atoms with Crippen LogP contribution in [0.1, 0.15) is 24.3 Å². The predicted molar refractivity (Wildman–Crippen MR) is 112 cm³/mol. The smallest absolute Gasteiger partial charge is 0.293 e. The quantitative estimate of drug-likeness (QED) is 0.401. The first-order chi connectivity index (χ1) is 13.8. The molecule has 2 aromatic heterocycles. The summed E-state index contributed by atoms with van der Waals surface area (Å²) in [4.78, 5) is 23.1. The summed E-state index contributed by atoms with van der Waals surface area (Å²) in [5.74, 6) is -0.962. The minimum absolute atomic E-state index is 0.241. The van der Waals surface area contributed by atoms with Gasteiger partial charge in [0.1, 0.15) is 17.1 Å². The molecule has 1 aromatic carbocycles. The zero-order chi connectivity index (χ0) is 21.2. The SMILES string of the molecule is CSc1ccc(Nc2c(C(=O)NOC(C)(C)CO)n(C)c3ccncc23)c(F)c1. The molecule has 0 saturated heterocycles. The third kappa shape index (κ3) is 4.36. The molecule has 0 unspecified atom stereocenters. The average Bonchev–Trinajstić information content (AvgIpc) is 3.00. The van der Waals surface area contributed by atoms with E-state index in [-0.39, 0.29) is 18.0 Å². The summed E-state index contributed by atoms with van der Waals surface area (Å²) < 4.78 is 16.2. The number of fused-ring (bicyclic) bond motifs is 1. The molecule has 0 aliphatic carbocycles. The van der Waals surface area contributed by atoms with E-state index in [1.54, 1.807) is 56.1 Å². The Hall–Kier alpha value is -2.62. The number of carbonyl (C=O) groups is 1. The summed E-state index contributed by atoms with van der Waals surface area (Å²) in [7, 11) is 1.73. The van der Waals surface area contributed by atoms with Crippen molar-refractivity contribution in [3.8, 4) is 0 Å². The second-order valence-corrected chi connectivity index (χ2v) is 7.98. The molecule has 7 nitrogen and oxygen atoms in total. The van der Waals surface area contributed by atoms with E-state index in [1.165, 1.54) is 17.8 Å². The van der Waals surface area contributed by atoms with Crippen molar-refractivity contribution in [3.05, 3.63) is 48.2 Å². The predicted octanol–water partition coefficient (Wildman–Crippen LogP) is 3.61. The molecular formula is C20H23FN4O3S. The number of carbonyl (C=O) groups excluding carboxylic acids is 1. The molecule has 2 heterocycles. The van der Waals surface area contributed by atoms with E-state index in [4.69, 9.17) is 4.84 Å². The van der Waals surface area contributed by atoms with Crippen molar-refractivity contribution in [3.63, 3.8) is 0 Å². The van der Waals surface area contributed by atoms with Crippen molar-refractivity contribution in [1.29, 1.82) is 0 Å². The van der Waals surface area contributed by atoms with Gasteiger partial charge in [-0.25, -0.2) is 9.87 Å². The standard InChI is InChI=1S/C20H23FN4O3S/c1-20(2,11-26)28-24-19(27)18-17(13-10-22-8-7-16(13)25(18)3)23-15-6-5-12(29-4)9-14(15)21/h5-10,23,26H,11H2,1-4H3,(H,24,27). The van der Waals surface area contributed by atoms with Crippen molar-refractivity contribution in [2.24, 2.45) is 7.05 Å². The fourth-order valence-electron chi connectivity index (χ4n) is 2.80. The number of nitrogens with zero attached hydrogens (tertiary/aromatic N) is 2. The molecule has 154 valence electrons. The summed E-state index contributed by atoms with van der Waals surface area (Å²) in [6.45, 7) is 3.01. The topological polar surface area (TPSA) is 88.4 Å². The number of aliphatic hydroxyl groups is 1. The number of hydrogen-bond acceptors (Lipinski definition) is 6. The minimum atomic E-state index is -0.949. The summed E-state index contributed by atoms with van der Waals surface area (Å²) in [5, 5.41) is 13.0. The molecule has 0 fully saturated rings. The molecule has 0 radical (unpaired) electrons. The van der Waals surface area contributed by atoms with Gasteiger partial charge in [0, 0.05) is 29.7 Å². The van der Waals surface area contributed by atoms with Gasteiger partial charge in [0.15, 0.2) is 0 Å². The Morgan fingerprint density at radius 3 is 2.79 bits per heavy atom. The second kappa shape index (κ2) is 8.40. The number of aliphatic hydroxyl groups excluding tert-OH is 1. The Kier molecular flexibility index (Phi) is 6.11. The van der Waals surface area contributed by atoms with Crippen LogP contribution in [0.15, 0.2) is 41.6 Å². The highest BCUT2D eigenvalue weighted by Gasteiger charge is 2.25. The molecular weight excluding hydrogens is 395 g/mol. The number of benzene rings is 1. The van der Waals surface area contributed by atoms with Gasteiger partial charge in [0.05, 0.1) is 23.5 Å². The molecule has 0 aliphatic heterocycles. The molecule has 29 heavy (non-hydrogen) atoms. The van der Waals surface area contributed by atoms with Crippen LogP contribution in [0.25, 0.3) is 10.9 Å². The number of halogens is 1. The Morgan fingerprint density at radius 2 is 2.14 bits per heavy atom. The van der Waals surface area contributed by atoms with E-state index in [9.17, 15) is 14.3 Å². The van der Waals surface area contributed by atoms with E-state index >= 15 is 0 Å². The Balaban J connectivity index is 2.04. The van der Waals surface area contributed by atoms with Gasteiger partial charge in [-0.2, -0.15) is 0 Å². The van der Waals surface area contributed by atoms with Crippen LogP contribution in [-0.2, 0) is 11.9 Å². The molecule has 3 N–H and O–H groups in total. The van der Waals surface area contributed by atoms with Gasteiger partial charge in [0.2, 0.25) is 0 Å². The molecule has 0 saturated carbocycles. The second-order valence-electron chi connectivity index (χ2n) is 7.10. The summed E-state index contributed by atoms with van der Waals surface area (Å²) >= 11 is 1.44. The number of rotatable bonds is 7. The van der Waals surface area contributed by atoms with E-state index < -0.39 is 17.3 Å². The molecule has 0 aliphatic rings. The first kappa shape index (κ1) is 21.1. The van der Waals surface area contributed by atoms with Gasteiger partial charge in [0.25, 0.3) is 5.91 Å². The van der Waals surface area contributed by atoms with Crippen LogP contribution in [0.2, 0.25) is 0 Å². The van der Waals surface area contributed by atoms with E-state index in [0.717, 1.165) is 10.4 Å². The van der Waals surface area contributed by atoms with Gasteiger partial charge in [-0.15, -0.1) is 11.8 Å². The zero-order valence-electron chi connectivity index (χ0n) is 16.6.